The quantitative estimate of drug-likeness (QED) is 0.153. The van der Waals surface area contributed by atoms with Gasteiger partial charge >= 0.3 is 0 Å². The molecule has 3 rings (SSSR count). The predicted molar refractivity (Wildman–Crippen MR) is 166 cm³/mol. The fourth-order valence-corrected chi connectivity index (χ4v) is 4.83. The summed E-state index contributed by atoms with van der Waals surface area (Å²) in [5, 5.41) is 31.0. The van der Waals surface area contributed by atoms with Crippen LogP contribution in [0.3, 0.4) is 0 Å². The zero-order valence-corrected chi connectivity index (χ0v) is 25.0. The molecule has 0 aliphatic carbocycles. The van der Waals surface area contributed by atoms with Crippen molar-refractivity contribution in [1.82, 2.24) is 20.9 Å². The molecule has 0 spiro atoms. The monoisotopic (exact) mass is 588 g/mol. The van der Waals surface area contributed by atoms with Crippen LogP contribution in [0.4, 0.5) is 0 Å². The topological polar surface area (TPSA) is 141 Å². The number of pyridine rings is 1. The number of rotatable bonds is 17. The number of hydrogen-bond acceptors (Lipinski definition) is 6. The Balaban J connectivity index is 1.74. The minimum Gasteiger partial charge on any atom is -0.390 e. The Bertz CT molecular complexity index is 1260. The first-order valence-corrected chi connectivity index (χ1v) is 15.0. The van der Waals surface area contributed by atoms with Crippen molar-refractivity contribution >= 4 is 17.7 Å². The van der Waals surface area contributed by atoms with Gasteiger partial charge in [0.25, 0.3) is 5.91 Å². The van der Waals surface area contributed by atoms with Gasteiger partial charge in [0.15, 0.2) is 0 Å². The zero-order valence-electron chi connectivity index (χ0n) is 25.0. The van der Waals surface area contributed by atoms with Gasteiger partial charge in [-0.05, 0) is 36.1 Å². The molecule has 1 unspecified atom stereocenters. The van der Waals surface area contributed by atoms with E-state index in [2.05, 4.69) is 27.9 Å². The Hall–Kier alpha value is -4.08. The summed E-state index contributed by atoms with van der Waals surface area (Å²) in [6.07, 6.45) is 4.37. The molecular weight excluding hydrogens is 544 g/mol. The lowest BCUT2D eigenvalue weighted by Crippen LogP contribution is -2.57. The number of aliphatic hydroxyl groups excluding tert-OH is 2. The van der Waals surface area contributed by atoms with E-state index in [0.29, 0.717) is 12.0 Å². The molecule has 5 atom stereocenters. The maximum absolute atomic E-state index is 13.7. The highest BCUT2D eigenvalue weighted by molar-refractivity contribution is 5.97. The number of aliphatic hydroxyl groups is 2. The number of aromatic nitrogens is 1. The van der Waals surface area contributed by atoms with E-state index < -0.39 is 47.9 Å². The molecule has 1 heterocycles. The molecule has 230 valence electrons. The van der Waals surface area contributed by atoms with E-state index in [-0.39, 0.29) is 13.0 Å². The highest BCUT2D eigenvalue weighted by Gasteiger charge is 2.35. The van der Waals surface area contributed by atoms with Gasteiger partial charge in [0.1, 0.15) is 12.1 Å². The van der Waals surface area contributed by atoms with Crippen LogP contribution in [-0.2, 0) is 22.6 Å². The van der Waals surface area contributed by atoms with E-state index >= 15 is 0 Å². The van der Waals surface area contributed by atoms with Crippen LogP contribution < -0.4 is 16.0 Å². The second kappa shape index (κ2) is 17.8. The molecule has 5 N–H and O–H groups in total. The van der Waals surface area contributed by atoms with Gasteiger partial charge in [-0.25, -0.2) is 0 Å². The molecule has 0 saturated heterocycles. The van der Waals surface area contributed by atoms with Crippen LogP contribution in [0.25, 0.3) is 0 Å². The van der Waals surface area contributed by atoms with Crippen molar-refractivity contribution in [3.63, 3.8) is 0 Å². The molecule has 2 aromatic carbocycles. The smallest absolute Gasteiger partial charge is 0.253 e. The molecule has 9 heteroatoms. The van der Waals surface area contributed by atoms with Crippen LogP contribution in [0, 0.1) is 5.92 Å². The number of carbonyl (C=O) groups is 3. The van der Waals surface area contributed by atoms with Crippen LogP contribution in [0.1, 0.15) is 67.4 Å². The molecule has 3 amide bonds. The summed E-state index contributed by atoms with van der Waals surface area (Å²) in [6, 6.07) is 20.2. The first-order chi connectivity index (χ1) is 20.8. The third-order valence-corrected chi connectivity index (χ3v) is 7.52. The Morgan fingerprint density at radius 1 is 0.791 bits per heavy atom. The fourth-order valence-electron chi connectivity index (χ4n) is 4.83. The summed E-state index contributed by atoms with van der Waals surface area (Å²) in [6.45, 7) is 3.92. The van der Waals surface area contributed by atoms with Gasteiger partial charge in [-0.2, -0.15) is 0 Å². The van der Waals surface area contributed by atoms with Crippen LogP contribution >= 0.6 is 0 Å². The predicted octanol–water partition coefficient (Wildman–Crippen LogP) is 3.55. The third-order valence-electron chi connectivity index (χ3n) is 7.52. The Labute approximate surface area is 254 Å². The van der Waals surface area contributed by atoms with Gasteiger partial charge in [-0.15, -0.1) is 0 Å². The van der Waals surface area contributed by atoms with Crippen molar-refractivity contribution in [3.8, 4) is 0 Å². The van der Waals surface area contributed by atoms with Gasteiger partial charge in [-0.1, -0.05) is 100 Å². The summed E-state index contributed by atoms with van der Waals surface area (Å²) in [5.74, 6) is -2.27. The van der Waals surface area contributed by atoms with Crippen molar-refractivity contribution in [2.24, 2.45) is 5.92 Å². The van der Waals surface area contributed by atoms with E-state index in [9.17, 15) is 24.6 Å². The maximum atomic E-state index is 13.7. The van der Waals surface area contributed by atoms with Crippen molar-refractivity contribution in [3.05, 3.63) is 102 Å². The lowest BCUT2D eigenvalue weighted by atomic mass is 9.90. The molecule has 1 aromatic heterocycles. The first kappa shape index (κ1) is 33.4. The molecule has 0 aliphatic heterocycles. The van der Waals surface area contributed by atoms with Gasteiger partial charge in [0.05, 0.1) is 23.6 Å². The van der Waals surface area contributed by atoms with Crippen LogP contribution in [0.5, 0.6) is 0 Å². The SMILES string of the molecule is CCCCCCC(NC(=O)c1cccnc1)C(=O)N[C@@H](Cc1ccccc1)[C@@H](O)[C@H](O)[C@@H](C)C(=O)NCc1ccccc1. The van der Waals surface area contributed by atoms with Crippen LogP contribution in [0.15, 0.2) is 85.2 Å². The van der Waals surface area contributed by atoms with Gasteiger partial charge in [0.2, 0.25) is 11.8 Å². The highest BCUT2D eigenvalue weighted by atomic mass is 16.3. The number of amides is 3. The van der Waals surface area contributed by atoms with Crippen LogP contribution in [0.2, 0.25) is 0 Å². The third kappa shape index (κ3) is 10.9. The lowest BCUT2D eigenvalue weighted by molar-refractivity contribution is -0.133. The zero-order chi connectivity index (χ0) is 31.0. The fraction of sp³-hybridized carbons (Fsp3) is 0.412. The van der Waals surface area contributed by atoms with Crippen LogP contribution in [-0.4, -0.2) is 57.2 Å². The largest absolute Gasteiger partial charge is 0.390 e. The lowest BCUT2D eigenvalue weighted by Gasteiger charge is -2.32. The number of nitrogens with one attached hydrogen (secondary N) is 3. The summed E-state index contributed by atoms with van der Waals surface area (Å²) in [4.78, 5) is 43.4. The highest BCUT2D eigenvalue weighted by Crippen LogP contribution is 2.16. The number of benzene rings is 2. The minimum atomic E-state index is -1.46. The standard InChI is InChI=1S/C34H44N4O5/c1-3-4-5-12-19-28(37-33(42)27-18-13-20-35-23-27)34(43)38-29(21-25-14-8-6-9-15-25)31(40)30(39)24(2)32(41)36-22-26-16-10-7-11-17-26/h6-11,13-18,20,23-24,28-31,39-40H,3-5,12,19,21-22H2,1-2H3,(H,36,41)(H,37,42)(H,38,43)/t24-,28?,29+,30-,31-/m1/s1. The van der Waals surface area contributed by atoms with E-state index in [4.69, 9.17) is 0 Å². The molecule has 3 aromatic rings. The van der Waals surface area contributed by atoms with Crippen molar-refractivity contribution in [2.75, 3.05) is 0 Å². The molecule has 0 radical (unpaired) electrons. The van der Waals surface area contributed by atoms with E-state index in [1.54, 1.807) is 25.3 Å². The van der Waals surface area contributed by atoms with E-state index in [0.717, 1.165) is 36.8 Å². The summed E-state index contributed by atoms with van der Waals surface area (Å²) in [5.41, 5.74) is 2.07. The average molecular weight is 589 g/mol. The van der Waals surface area contributed by atoms with Crippen molar-refractivity contribution in [2.45, 2.75) is 83.2 Å². The maximum Gasteiger partial charge on any atom is 0.253 e. The Morgan fingerprint density at radius 3 is 2.09 bits per heavy atom. The molecule has 9 nitrogen and oxygen atoms in total. The summed E-state index contributed by atoms with van der Waals surface area (Å²) >= 11 is 0. The summed E-state index contributed by atoms with van der Waals surface area (Å²) < 4.78 is 0. The summed E-state index contributed by atoms with van der Waals surface area (Å²) in [7, 11) is 0. The Morgan fingerprint density at radius 2 is 1.47 bits per heavy atom. The Kier molecular flexibility index (Phi) is 13.8. The first-order valence-electron chi connectivity index (χ1n) is 15.0. The number of carbonyl (C=O) groups excluding carboxylic acids is 3. The second-order valence-electron chi connectivity index (χ2n) is 10.9. The molecule has 43 heavy (non-hydrogen) atoms. The van der Waals surface area contributed by atoms with E-state index in [1.165, 1.54) is 6.20 Å². The van der Waals surface area contributed by atoms with Gasteiger partial charge in [-0.3, -0.25) is 19.4 Å². The minimum absolute atomic E-state index is 0.211. The average Bonchev–Trinajstić information content (AvgIpc) is 3.04. The van der Waals surface area contributed by atoms with Gasteiger partial charge in [0, 0.05) is 18.9 Å². The molecule has 0 aliphatic rings. The molecule has 0 saturated carbocycles. The molecule has 0 bridgehead atoms. The molecule has 0 fully saturated rings. The van der Waals surface area contributed by atoms with E-state index in [1.807, 2.05) is 60.7 Å². The molecular formula is C34H44N4O5. The van der Waals surface area contributed by atoms with Crippen molar-refractivity contribution < 1.29 is 24.6 Å². The normalized spacial score (nSPS) is 14.5. The van der Waals surface area contributed by atoms with Gasteiger partial charge < -0.3 is 26.2 Å². The second-order valence-corrected chi connectivity index (χ2v) is 10.9. The number of unbranched alkanes of at least 4 members (excludes halogenated alkanes) is 3. The van der Waals surface area contributed by atoms with Crippen molar-refractivity contribution in [1.29, 1.82) is 0 Å². The number of hydrogen-bond donors (Lipinski definition) is 5. The number of nitrogens with zero attached hydrogens (tertiary/aromatic N) is 1.